The molecule has 1 amide bonds. The topological polar surface area (TPSA) is 84.9 Å². The molecular weight excluding hydrogens is 392 g/mol. The first kappa shape index (κ1) is 22.5. The summed E-state index contributed by atoms with van der Waals surface area (Å²) < 4.78 is 36.1. The Hall–Kier alpha value is -2.74. The Morgan fingerprint density at radius 1 is 1.03 bits per heavy atom. The number of methoxy groups -OCH3 is 2. The number of amides is 1. The number of carbonyl (C=O) groups excluding carboxylic acids is 1. The molecule has 8 heteroatoms. The summed E-state index contributed by atoms with van der Waals surface area (Å²) in [5.41, 5.74) is 3.58. The van der Waals surface area contributed by atoms with Gasteiger partial charge in [-0.3, -0.25) is 9.10 Å². The Kier molecular flexibility index (Phi) is 7.13. The van der Waals surface area contributed by atoms with Crippen LogP contribution in [0, 0.1) is 13.8 Å². The largest absolute Gasteiger partial charge is 0.493 e. The van der Waals surface area contributed by atoms with Crippen molar-refractivity contribution < 1.29 is 22.7 Å². The van der Waals surface area contributed by atoms with Gasteiger partial charge < -0.3 is 14.8 Å². The summed E-state index contributed by atoms with van der Waals surface area (Å²) in [6.45, 7) is 5.55. The van der Waals surface area contributed by atoms with Crippen molar-refractivity contribution >= 4 is 21.6 Å². The quantitative estimate of drug-likeness (QED) is 0.710. The molecule has 0 radical (unpaired) electrons. The van der Waals surface area contributed by atoms with Gasteiger partial charge in [0.1, 0.15) is 6.54 Å². The molecule has 7 nitrogen and oxygen atoms in total. The first-order chi connectivity index (χ1) is 13.6. The van der Waals surface area contributed by atoms with E-state index in [1.54, 1.807) is 12.1 Å². The van der Waals surface area contributed by atoms with E-state index < -0.39 is 15.9 Å². The number of benzene rings is 2. The van der Waals surface area contributed by atoms with E-state index >= 15 is 0 Å². The van der Waals surface area contributed by atoms with Crippen LogP contribution in [-0.4, -0.2) is 41.3 Å². The van der Waals surface area contributed by atoms with E-state index in [1.807, 2.05) is 39.0 Å². The van der Waals surface area contributed by atoms with Crippen molar-refractivity contribution in [1.29, 1.82) is 0 Å². The van der Waals surface area contributed by atoms with Crippen molar-refractivity contribution in [2.75, 3.05) is 31.3 Å². The molecule has 0 fully saturated rings. The highest BCUT2D eigenvalue weighted by Gasteiger charge is 2.23. The standard InChI is InChI=1S/C21H28N2O5S/c1-14-7-8-17(11-15(14)2)16(3)22-21(24)13-23(29(6,25)26)18-9-10-19(27-4)20(12-18)28-5/h7-12,16H,13H2,1-6H3,(H,22,24)/t16-/m0/s1. The Bertz CT molecular complexity index is 989. The average Bonchev–Trinajstić information content (AvgIpc) is 2.66. The summed E-state index contributed by atoms with van der Waals surface area (Å²) >= 11 is 0. The minimum absolute atomic E-state index is 0.256. The Labute approximate surface area is 172 Å². The van der Waals surface area contributed by atoms with Gasteiger partial charge in [-0.05, 0) is 49.6 Å². The van der Waals surface area contributed by atoms with Crippen LogP contribution in [0.1, 0.15) is 29.7 Å². The fourth-order valence-corrected chi connectivity index (χ4v) is 3.76. The van der Waals surface area contributed by atoms with Crippen molar-refractivity contribution in [3.63, 3.8) is 0 Å². The highest BCUT2D eigenvalue weighted by Crippen LogP contribution is 2.32. The van der Waals surface area contributed by atoms with Gasteiger partial charge >= 0.3 is 0 Å². The summed E-state index contributed by atoms with van der Waals surface area (Å²) in [4.78, 5) is 12.6. The molecule has 1 atom stereocenters. The van der Waals surface area contributed by atoms with E-state index in [2.05, 4.69) is 5.32 Å². The summed E-state index contributed by atoms with van der Waals surface area (Å²) in [6.07, 6.45) is 1.06. The minimum Gasteiger partial charge on any atom is -0.493 e. The third-order valence-corrected chi connectivity index (χ3v) is 5.89. The molecule has 2 rings (SSSR count). The number of rotatable bonds is 8. The first-order valence-corrected chi connectivity index (χ1v) is 11.0. The zero-order valence-corrected chi connectivity index (χ0v) is 18.5. The van der Waals surface area contributed by atoms with Crippen LogP contribution in [0.4, 0.5) is 5.69 Å². The lowest BCUT2D eigenvalue weighted by molar-refractivity contribution is -0.120. The van der Waals surface area contributed by atoms with Crippen molar-refractivity contribution in [2.24, 2.45) is 0 Å². The summed E-state index contributed by atoms with van der Waals surface area (Å²) in [6, 6.07) is 10.4. The maximum absolute atomic E-state index is 12.6. The molecule has 0 bridgehead atoms. The molecule has 0 aliphatic carbocycles. The average molecular weight is 421 g/mol. The molecule has 0 saturated carbocycles. The summed E-state index contributed by atoms with van der Waals surface area (Å²) in [5.74, 6) is 0.441. The molecule has 2 aromatic carbocycles. The van der Waals surface area contributed by atoms with E-state index in [0.717, 1.165) is 21.7 Å². The maximum Gasteiger partial charge on any atom is 0.241 e. The molecular formula is C21H28N2O5S. The van der Waals surface area contributed by atoms with Gasteiger partial charge in [0.05, 0.1) is 32.2 Å². The van der Waals surface area contributed by atoms with Crippen molar-refractivity contribution in [1.82, 2.24) is 5.32 Å². The summed E-state index contributed by atoms with van der Waals surface area (Å²) in [5, 5.41) is 2.87. The second kappa shape index (κ2) is 9.17. The predicted molar refractivity (Wildman–Crippen MR) is 114 cm³/mol. The first-order valence-electron chi connectivity index (χ1n) is 9.13. The van der Waals surface area contributed by atoms with E-state index in [1.165, 1.54) is 25.8 Å². The molecule has 158 valence electrons. The normalized spacial score (nSPS) is 12.2. The van der Waals surface area contributed by atoms with Crippen LogP contribution in [0.15, 0.2) is 36.4 Å². The van der Waals surface area contributed by atoms with E-state index in [4.69, 9.17) is 9.47 Å². The van der Waals surface area contributed by atoms with Gasteiger partial charge in [-0.2, -0.15) is 0 Å². The molecule has 0 unspecified atom stereocenters. The van der Waals surface area contributed by atoms with Crippen LogP contribution in [-0.2, 0) is 14.8 Å². The number of nitrogens with one attached hydrogen (secondary N) is 1. The lowest BCUT2D eigenvalue weighted by Crippen LogP contribution is -2.41. The van der Waals surface area contributed by atoms with Gasteiger partial charge in [0.15, 0.2) is 11.5 Å². The van der Waals surface area contributed by atoms with E-state index in [9.17, 15) is 13.2 Å². The van der Waals surface area contributed by atoms with Gasteiger partial charge in [0, 0.05) is 6.07 Å². The number of hydrogen-bond donors (Lipinski definition) is 1. The van der Waals surface area contributed by atoms with Crippen LogP contribution in [0.5, 0.6) is 11.5 Å². The Morgan fingerprint density at radius 3 is 2.24 bits per heavy atom. The Morgan fingerprint density at radius 2 is 1.69 bits per heavy atom. The zero-order chi connectivity index (χ0) is 21.8. The lowest BCUT2D eigenvalue weighted by atomic mass is 10.0. The van der Waals surface area contributed by atoms with Crippen molar-refractivity contribution in [3.05, 3.63) is 53.1 Å². The second-order valence-electron chi connectivity index (χ2n) is 6.94. The monoisotopic (exact) mass is 420 g/mol. The fraction of sp³-hybridized carbons (Fsp3) is 0.381. The van der Waals surface area contributed by atoms with E-state index in [-0.39, 0.29) is 12.6 Å². The molecule has 0 heterocycles. The molecule has 0 spiro atoms. The van der Waals surface area contributed by atoms with Gasteiger partial charge in [-0.1, -0.05) is 18.2 Å². The summed E-state index contributed by atoms with van der Waals surface area (Å²) in [7, 11) is -0.738. The number of ether oxygens (including phenoxy) is 2. The maximum atomic E-state index is 12.6. The van der Waals surface area contributed by atoms with Crippen LogP contribution >= 0.6 is 0 Å². The smallest absolute Gasteiger partial charge is 0.241 e. The number of hydrogen-bond acceptors (Lipinski definition) is 5. The molecule has 0 saturated heterocycles. The van der Waals surface area contributed by atoms with Crippen molar-refractivity contribution in [2.45, 2.75) is 26.8 Å². The minimum atomic E-state index is -3.69. The van der Waals surface area contributed by atoms with Crippen LogP contribution < -0.4 is 19.1 Å². The Balaban J connectivity index is 2.22. The number of nitrogens with zero attached hydrogens (tertiary/aromatic N) is 1. The highest BCUT2D eigenvalue weighted by molar-refractivity contribution is 7.92. The number of anilines is 1. The fourth-order valence-electron chi connectivity index (χ4n) is 2.91. The lowest BCUT2D eigenvalue weighted by Gasteiger charge is -2.24. The van der Waals surface area contributed by atoms with Gasteiger partial charge in [-0.25, -0.2) is 8.42 Å². The third kappa shape index (κ3) is 5.63. The molecule has 0 aliphatic rings. The number of aryl methyl sites for hydroxylation is 2. The third-order valence-electron chi connectivity index (χ3n) is 4.75. The number of carbonyl (C=O) groups is 1. The molecule has 1 N–H and O–H groups in total. The van der Waals surface area contributed by atoms with Gasteiger partial charge in [0.25, 0.3) is 0 Å². The molecule has 0 aromatic heterocycles. The van der Waals surface area contributed by atoms with E-state index in [0.29, 0.717) is 17.2 Å². The molecule has 29 heavy (non-hydrogen) atoms. The van der Waals surface area contributed by atoms with Crippen molar-refractivity contribution in [3.8, 4) is 11.5 Å². The van der Waals surface area contributed by atoms with Gasteiger partial charge in [-0.15, -0.1) is 0 Å². The molecule has 0 aliphatic heterocycles. The zero-order valence-electron chi connectivity index (χ0n) is 17.6. The predicted octanol–water partition coefficient (Wildman–Crippen LogP) is 2.96. The molecule has 2 aromatic rings. The van der Waals surface area contributed by atoms with Crippen LogP contribution in [0.25, 0.3) is 0 Å². The number of sulfonamides is 1. The second-order valence-corrected chi connectivity index (χ2v) is 8.85. The van der Waals surface area contributed by atoms with Gasteiger partial charge in [0.2, 0.25) is 15.9 Å². The van der Waals surface area contributed by atoms with Crippen LogP contribution in [0.2, 0.25) is 0 Å². The highest BCUT2D eigenvalue weighted by atomic mass is 32.2. The SMILES string of the molecule is COc1ccc(N(CC(=O)N[C@@H](C)c2ccc(C)c(C)c2)S(C)(=O)=O)cc1OC. The van der Waals surface area contributed by atoms with Crippen LogP contribution in [0.3, 0.4) is 0 Å².